The molecule has 4 heteroatoms. The van der Waals surface area contributed by atoms with E-state index >= 15 is 0 Å². The number of thiophene rings is 1. The number of nitrogens with one attached hydrogen (secondary N) is 1. The van der Waals surface area contributed by atoms with E-state index in [1.807, 2.05) is 23.5 Å². The number of halogens is 1. The molecule has 0 radical (unpaired) electrons. The van der Waals surface area contributed by atoms with Crippen LogP contribution >= 0.6 is 22.9 Å². The van der Waals surface area contributed by atoms with Crippen molar-refractivity contribution in [2.24, 2.45) is 0 Å². The van der Waals surface area contributed by atoms with Crippen molar-refractivity contribution in [1.29, 1.82) is 0 Å². The number of anilines is 1. The summed E-state index contributed by atoms with van der Waals surface area (Å²) in [6, 6.07) is 7.95. The third kappa shape index (κ3) is 2.45. The van der Waals surface area contributed by atoms with E-state index in [9.17, 15) is 0 Å². The summed E-state index contributed by atoms with van der Waals surface area (Å²) in [5.41, 5.74) is 1.55. The second-order valence-corrected chi connectivity index (χ2v) is 5.82. The summed E-state index contributed by atoms with van der Waals surface area (Å²) in [5.74, 6) is 0.839. The number of fused-ring (bicyclic) bond motifs is 1. The van der Waals surface area contributed by atoms with Gasteiger partial charge in [-0.1, -0.05) is 17.7 Å². The topological polar surface area (TPSA) is 24.9 Å². The van der Waals surface area contributed by atoms with Gasteiger partial charge >= 0.3 is 0 Å². The van der Waals surface area contributed by atoms with Crippen molar-refractivity contribution in [2.45, 2.75) is 25.8 Å². The minimum atomic E-state index is 0.531. The standard InChI is InChI=1S/C13H13ClN2S/c14-12-5-2-6-13(16-12)15-8-10-7-9-3-1-4-11(9)17-10/h2,5-7H,1,3-4,8H2,(H,15,16). The number of rotatable bonds is 3. The molecule has 0 saturated carbocycles. The second kappa shape index (κ2) is 4.67. The van der Waals surface area contributed by atoms with E-state index < -0.39 is 0 Å². The first-order chi connectivity index (χ1) is 8.31. The molecule has 2 aromatic rings. The normalized spacial score (nSPS) is 13.7. The molecule has 0 atom stereocenters. The fourth-order valence-corrected chi connectivity index (χ4v) is 3.53. The van der Waals surface area contributed by atoms with Crippen LogP contribution in [0, 0.1) is 0 Å². The van der Waals surface area contributed by atoms with Crippen LogP contribution in [0.2, 0.25) is 5.15 Å². The van der Waals surface area contributed by atoms with Crippen molar-refractivity contribution < 1.29 is 0 Å². The van der Waals surface area contributed by atoms with Crippen LogP contribution in [-0.2, 0) is 19.4 Å². The molecule has 0 unspecified atom stereocenters. The molecule has 0 saturated heterocycles. The Morgan fingerprint density at radius 2 is 2.29 bits per heavy atom. The lowest BCUT2D eigenvalue weighted by atomic mass is 10.2. The average molecular weight is 265 g/mol. The van der Waals surface area contributed by atoms with E-state index in [0.29, 0.717) is 5.15 Å². The van der Waals surface area contributed by atoms with Crippen LogP contribution in [0.1, 0.15) is 21.7 Å². The number of aryl methyl sites for hydroxylation is 2. The maximum atomic E-state index is 5.84. The van der Waals surface area contributed by atoms with Crippen LogP contribution in [0.3, 0.4) is 0 Å². The van der Waals surface area contributed by atoms with Crippen LogP contribution in [0.4, 0.5) is 5.82 Å². The molecule has 2 nitrogen and oxygen atoms in total. The first kappa shape index (κ1) is 11.1. The first-order valence-corrected chi connectivity index (χ1v) is 6.97. The molecule has 17 heavy (non-hydrogen) atoms. The van der Waals surface area contributed by atoms with E-state index in [4.69, 9.17) is 11.6 Å². The average Bonchev–Trinajstić information content (AvgIpc) is 2.86. The molecular formula is C13H13ClN2S. The van der Waals surface area contributed by atoms with Crippen molar-refractivity contribution >= 4 is 28.8 Å². The molecule has 2 aromatic heterocycles. The Morgan fingerprint density at radius 1 is 1.35 bits per heavy atom. The van der Waals surface area contributed by atoms with Gasteiger partial charge in [-0.25, -0.2) is 4.98 Å². The number of hydrogen-bond donors (Lipinski definition) is 1. The zero-order chi connectivity index (χ0) is 11.7. The summed E-state index contributed by atoms with van der Waals surface area (Å²) in [7, 11) is 0. The lowest BCUT2D eigenvalue weighted by Gasteiger charge is -2.03. The van der Waals surface area contributed by atoms with Crippen LogP contribution in [0.25, 0.3) is 0 Å². The van der Waals surface area contributed by atoms with Gasteiger partial charge < -0.3 is 5.32 Å². The third-order valence-corrected chi connectivity index (χ3v) is 4.40. The van der Waals surface area contributed by atoms with Gasteiger partial charge in [0.2, 0.25) is 0 Å². The van der Waals surface area contributed by atoms with E-state index in [0.717, 1.165) is 12.4 Å². The Balaban J connectivity index is 1.67. The molecule has 0 bridgehead atoms. The minimum absolute atomic E-state index is 0.531. The summed E-state index contributed by atoms with van der Waals surface area (Å²) < 4.78 is 0. The van der Waals surface area contributed by atoms with E-state index in [-0.39, 0.29) is 0 Å². The molecule has 1 N–H and O–H groups in total. The molecule has 0 aromatic carbocycles. The number of aromatic nitrogens is 1. The zero-order valence-electron chi connectivity index (χ0n) is 9.37. The van der Waals surface area contributed by atoms with E-state index in [2.05, 4.69) is 16.4 Å². The Bertz CT molecular complexity index is 514. The molecule has 0 fully saturated rings. The third-order valence-electron chi connectivity index (χ3n) is 2.96. The SMILES string of the molecule is Clc1cccc(NCc2cc3c(s2)CCC3)n1. The lowest BCUT2D eigenvalue weighted by molar-refractivity contribution is 0.913. The van der Waals surface area contributed by atoms with Gasteiger partial charge in [-0.15, -0.1) is 11.3 Å². The first-order valence-electron chi connectivity index (χ1n) is 5.78. The van der Waals surface area contributed by atoms with Crippen molar-refractivity contribution in [2.75, 3.05) is 5.32 Å². The highest BCUT2D eigenvalue weighted by atomic mass is 35.5. The molecule has 0 amide bonds. The molecular weight excluding hydrogens is 252 g/mol. The number of pyridine rings is 1. The molecule has 1 aliphatic carbocycles. The monoisotopic (exact) mass is 264 g/mol. The van der Waals surface area contributed by atoms with E-state index in [1.165, 1.54) is 24.1 Å². The molecule has 0 spiro atoms. The molecule has 0 aliphatic heterocycles. The van der Waals surface area contributed by atoms with Crippen molar-refractivity contribution in [3.63, 3.8) is 0 Å². The Hall–Kier alpha value is -1.06. The van der Waals surface area contributed by atoms with Gasteiger partial charge in [0.25, 0.3) is 0 Å². The summed E-state index contributed by atoms with van der Waals surface area (Å²) in [4.78, 5) is 7.17. The van der Waals surface area contributed by atoms with Gasteiger partial charge in [0, 0.05) is 9.75 Å². The number of hydrogen-bond acceptors (Lipinski definition) is 3. The summed E-state index contributed by atoms with van der Waals surface area (Å²) in [6.07, 6.45) is 3.83. The fourth-order valence-electron chi connectivity index (χ4n) is 2.16. The van der Waals surface area contributed by atoms with Crippen LogP contribution in [-0.4, -0.2) is 4.98 Å². The van der Waals surface area contributed by atoms with Gasteiger partial charge in [-0.2, -0.15) is 0 Å². The van der Waals surface area contributed by atoms with Gasteiger partial charge in [0.15, 0.2) is 0 Å². The predicted molar refractivity (Wildman–Crippen MR) is 72.9 cm³/mol. The molecule has 1 aliphatic rings. The Morgan fingerprint density at radius 3 is 3.12 bits per heavy atom. The quantitative estimate of drug-likeness (QED) is 0.851. The van der Waals surface area contributed by atoms with Crippen molar-refractivity contribution in [3.8, 4) is 0 Å². The highest BCUT2D eigenvalue weighted by molar-refractivity contribution is 7.12. The van der Waals surface area contributed by atoms with Crippen LogP contribution in [0.5, 0.6) is 0 Å². The maximum Gasteiger partial charge on any atom is 0.131 e. The molecule has 88 valence electrons. The van der Waals surface area contributed by atoms with Crippen LogP contribution in [0.15, 0.2) is 24.3 Å². The largest absolute Gasteiger partial charge is 0.365 e. The summed E-state index contributed by atoms with van der Waals surface area (Å²) in [5, 5.41) is 3.84. The summed E-state index contributed by atoms with van der Waals surface area (Å²) >= 11 is 7.76. The lowest BCUT2D eigenvalue weighted by Crippen LogP contribution is -1.99. The van der Waals surface area contributed by atoms with Crippen molar-refractivity contribution in [1.82, 2.24) is 4.98 Å². The Kier molecular flexibility index (Phi) is 3.04. The zero-order valence-corrected chi connectivity index (χ0v) is 10.9. The number of nitrogens with zero attached hydrogens (tertiary/aromatic N) is 1. The smallest absolute Gasteiger partial charge is 0.131 e. The highest BCUT2D eigenvalue weighted by Crippen LogP contribution is 2.30. The van der Waals surface area contributed by atoms with Gasteiger partial charge in [-0.05, 0) is 43.0 Å². The van der Waals surface area contributed by atoms with Crippen molar-refractivity contribution in [3.05, 3.63) is 44.7 Å². The van der Waals surface area contributed by atoms with Gasteiger partial charge in [0.05, 0.1) is 6.54 Å². The molecule has 2 heterocycles. The second-order valence-electron chi connectivity index (χ2n) is 4.21. The van der Waals surface area contributed by atoms with E-state index in [1.54, 1.807) is 16.5 Å². The summed E-state index contributed by atoms with van der Waals surface area (Å²) in [6.45, 7) is 0.838. The minimum Gasteiger partial charge on any atom is -0.365 e. The van der Waals surface area contributed by atoms with Gasteiger partial charge in [0.1, 0.15) is 11.0 Å². The maximum absolute atomic E-state index is 5.84. The highest BCUT2D eigenvalue weighted by Gasteiger charge is 2.14. The fraction of sp³-hybridized carbons (Fsp3) is 0.308. The predicted octanol–water partition coefficient (Wildman–Crippen LogP) is 3.90. The molecule has 3 rings (SSSR count). The van der Waals surface area contributed by atoms with Crippen LogP contribution < -0.4 is 5.32 Å². The Labute approximate surface area is 110 Å². The van der Waals surface area contributed by atoms with Gasteiger partial charge in [-0.3, -0.25) is 0 Å².